The highest BCUT2D eigenvalue weighted by Gasteiger charge is 2.19. The molecular formula is C14H13Cl2FN2O2. The summed E-state index contributed by atoms with van der Waals surface area (Å²) in [6.07, 6.45) is -0.308. The van der Waals surface area contributed by atoms with Gasteiger partial charge in [-0.15, -0.1) is 0 Å². The molecule has 1 heterocycles. The number of rotatable bonds is 3. The van der Waals surface area contributed by atoms with E-state index in [4.69, 9.17) is 27.9 Å². The molecule has 1 aromatic carbocycles. The standard InChI is InChI=1S/C14H13Cl2FN2O2/c1-7(2)21-14(20)9-5-12(11(17)6-10(9)15)19-13(16)4-8(3)18-19/h4-7H,1-3H3. The summed E-state index contributed by atoms with van der Waals surface area (Å²) in [5.74, 6) is -1.26. The van der Waals surface area contributed by atoms with Crippen molar-refractivity contribution in [1.82, 2.24) is 9.78 Å². The van der Waals surface area contributed by atoms with E-state index in [2.05, 4.69) is 5.10 Å². The first kappa shape index (κ1) is 15.8. The van der Waals surface area contributed by atoms with Gasteiger partial charge in [-0.05, 0) is 39.0 Å². The van der Waals surface area contributed by atoms with Crippen LogP contribution in [0.4, 0.5) is 4.39 Å². The highest BCUT2D eigenvalue weighted by Crippen LogP contribution is 2.26. The average molecular weight is 331 g/mol. The molecular weight excluding hydrogens is 318 g/mol. The Morgan fingerprint density at radius 3 is 2.52 bits per heavy atom. The molecule has 0 bridgehead atoms. The van der Waals surface area contributed by atoms with Gasteiger partial charge in [-0.25, -0.2) is 13.9 Å². The minimum atomic E-state index is -0.633. The zero-order chi connectivity index (χ0) is 15.7. The van der Waals surface area contributed by atoms with Crippen LogP contribution in [0.5, 0.6) is 0 Å². The first-order valence-electron chi connectivity index (χ1n) is 6.22. The summed E-state index contributed by atoms with van der Waals surface area (Å²) >= 11 is 11.9. The van der Waals surface area contributed by atoms with Crippen molar-refractivity contribution in [2.45, 2.75) is 26.9 Å². The highest BCUT2D eigenvalue weighted by molar-refractivity contribution is 6.33. The molecule has 0 unspecified atom stereocenters. The van der Waals surface area contributed by atoms with E-state index in [9.17, 15) is 9.18 Å². The quantitative estimate of drug-likeness (QED) is 0.792. The molecule has 0 aliphatic carbocycles. The van der Waals surface area contributed by atoms with E-state index in [1.54, 1.807) is 26.8 Å². The largest absolute Gasteiger partial charge is 0.459 e. The van der Waals surface area contributed by atoms with Crippen LogP contribution in [-0.2, 0) is 4.74 Å². The number of aryl methyl sites for hydroxylation is 1. The van der Waals surface area contributed by atoms with Crippen LogP contribution in [0.2, 0.25) is 10.2 Å². The lowest BCUT2D eigenvalue weighted by molar-refractivity contribution is 0.0378. The molecule has 4 nitrogen and oxygen atoms in total. The second kappa shape index (κ2) is 6.03. The lowest BCUT2D eigenvalue weighted by atomic mass is 10.2. The smallest absolute Gasteiger partial charge is 0.339 e. The van der Waals surface area contributed by atoms with Crippen LogP contribution >= 0.6 is 23.2 Å². The summed E-state index contributed by atoms with van der Waals surface area (Å²) in [6.45, 7) is 5.15. The van der Waals surface area contributed by atoms with Crippen molar-refractivity contribution in [3.63, 3.8) is 0 Å². The number of halogens is 3. The van der Waals surface area contributed by atoms with Crippen molar-refractivity contribution in [1.29, 1.82) is 0 Å². The zero-order valence-corrected chi connectivity index (χ0v) is 13.2. The van der Waals surface area contributed by atoms with Crippen LogP contribution in [0.15, 0.2) is 18.2 Å². The molecule has 0 spiro atoms. The van der Waals surface area contributed by atoms with Gasteiger partial charge in [0.15, 0.2) is 0 Å². The molecule has 7 heteroatoms. The Morgan fingerprint density at radius 1 is 1.33 bits per heavy atom. The fraction of sp³-hybridized carbons (Fsp3) is 0.286. The topological polar surface area (TPSA) is 44.1 Å². The van der Waals surface area contributed by atoms with Crippen molar-refractivity contribution in [3.05, 3.63) is 45.4 Å². The average Bonchev–Trinajstić information content (AvgIpc) is 2.67. The monoisotopic (exact) mass is 330 g/mol. The second-order valence-corrected chi connectivity index (χ2v) is 5.55. The van der Waals surface area contributed by atoms with Crippen LogP contribution in [0.1, 0.15) is 29.9 Å². The van der Waals surface area contributed by atoms with Crippen molar-refractivity contribution in [3.8, 4) is 5.69 Å². The summed E-state index contributed by atoms with van der Waals surface area (Å²) in [6, 6.07) is 3.91. The van der Waals surface area contributed by atoms with Crippen LogP contribution in [0.3, 0.4) is 0 Å². The lowest BCUT2D eigenvalue weighted by Gasteiger charge is -2.12. The number of esters is 1. The molecule has 0 radical (unpaired) electrons. The molecule has 0 aliphatic rings. The summed E-state index contributed by atoms with van der Waals surface area (Å²) in [5, 5.41) is 4.29. The molecule has 2 aromatic rings. The molecule has 0 saturated carbocycles. The molecule has 0 fully saturated rings. The molecule has 0 atom stereocenters. The number of nitrogens with zero attached hydrogens (tertiary/aromatic N) is 2. The first-order valence-corrected chi connectivity index (χ1v) is 6.97. The third kappa shape index (κ3) is 3.36. The number of ether oxygens (including phenoxy) is 1. The Hall–Kier alpha value is -1.59. The van der Waals surface area contributed by atoms with Gasteiger partial charge in [0.1, 0.15) is 16.7 Å². The molecule has 0 amide bonds. The van der Waals surface area contributed by atoms with Crippen LogP contribution in [0.25, 0.3) is 5.69 Å². The van der Waals surface area contributed by atoms with E-state index in [1.807, 2.05) is 0 Å². The summed E-state index contributed by atoms with van der Waals surface area (Å²) < 4.78 is 20.4. The molecule has 0 saturated heterocycles. The van der Waals surface area contributed by atoms with Crippen molar-refractivity contribution in [2.75, 3.05) is 0 Å². The highest BCUT2D eigenvalue weighted by atomic mass is 35.5. The number of carbonyl (C=O) groups is 1. The molecule has 0 N–H and O–H groups in total. The number of carbonyl (C=O) groups excluding carboxylic acids is 1. The zero-order valence-electron chi connectivity index (χ0n) is 11.7. The summed E-state index contributed by atoms with van der Waals surface area (Å²) in [5.41, 5.74) is 0.722. The Morgan fingerprint density at radius 2 is 2.00 bits per heavy atom. The third-order valence-electron chi connectivity index (χ3n) is 2.62. The van der Waals surface area contributed by atoms with E-state index in [0.717, 1.165) is 6.07 Å². The van der Waals surface area contributed by atoms with Crippen molar-refractivity contribution >= 4 is 29.2 Å². The first-order chi connectivity index (χ1) is 9.79. The minimum Gasteiger partial charge on any atom is -0.459 e. The summed E-state index contributed by atoms with van der Waals surface area (Å²) in [7, 11) is 0. The van der Waals surface area contributed by atoms with Gasteiger partial charge in [0.25, 0.3) is 0 Å². The van der Waals surface area contributed by atoms with E-state index in [0.29, 0.717) is 5.69 Å². The van der Waals surface area contributed by atoms with Crippen molar-refractivity contribution < 1.29 is 13.9 Å². The SMILES string of the molecule is Cc1cc(Cl)n(-c2cc(C(=O)OC(C)C)c(Cl)cc2F)n1. The van der Waals surface area contributed by atoms with Crippen LogP contribution < -0.4 is 0 Å². The van der Waals surface area contributed by atoms with E-state index >= 15 is 0 Å². The van der Waals surface area contributed by atoms with Gasteiger partial charge in [-0.2, -0.15) is 5.10 Å². The Bertz CT molecular complexity index is 699. The molecule has 21 heavy (non-hydrogen) atoms. The van der Waals surface area contributed by atoms with Gasteiger partial charge in [0.05, 0.1) is 22.4 Å². The lowest BCUT2D eigenvalue weighted by Crippen LogP contribution is -2.13. The minimum absolute atomic E-state index is 0.0260. The maximum absolute atomic E-state index is 14.1. The fourth-order valence-electron chi connectivity index (χ4n) is 1.77. The molecule has 2 rings (SSSR count). The third-order valence-corrected chi connectivity index (χ3v) is 3.20. The van der Waals surface area contributed by atoms with Gasteiger partial charge in [-0.3, -0.25) is 0 Å². The number of benzene rings is 1. The second-order valence-electron chi connectivity index (χ2n) is 4.76. The predicted octanol–water partition coefficient (Wildman–Crippen LogP) is 4.19. The van der Waals surface area contributed by atoms with Gasteiger partial charge in [0, 0.05) is 0 Å². The molecule has 1 aromatic heterocycles. The number of aromatic nitrogens is 2. The maximum Gasteiger partial charge on any atom is 0.339 e. The maximum atomic E-state index is 14.1. The van der Waals surface area contributed by atoms with Crippen LogP contribution in [-0.4, -0.2) is 21.9 Å². The van der Waals surface area contributed by atoms with E-state index < -0.39 is 11.8 Å². The van der Waals surface area contributed by atoms with E-state index in [-0.39, 0.29) is 27.5 Å². The van der Waals surface area contributed by atoms with Gasteiger partial charge in [-0.1, -0.05) is 23.2 Å². The Balaban J connectivity index is 2.53. The normalized spacial score (nSPS) is 11.0. The Kier molecular flexibility index (Phi) is 4.54. The van der Waals surface area contributed by atoms with Gasteiger partial charge < -0.3 is 4.74 Å². The predicted molar refractivity (Wildman–Crippen MR) is 78.8 cm³/mol. The number of hydrogen-bond acceptors (Lipinski definition) is 3. The van der Waals surface area contributed by atoms with Crippen LogP contribution in [0, 0.1) is 12.7 Å². The Labute approximate surface area is 131 Å². The molecule has 0 aliphatic heterocycles. The van der Waals surface area contributed by atoms with Gasteiger partial charge in [0.2, 0.25) is 0 Å². The number of hydrogen-bond donors (Lipinski definition) is 0. The van der Waals surface area contributed by atoms with Gasteiger partial charge >= 0.3 is 5.97 Å². The van der Waals surface area contributed by atoms with E-state index in [1.165, 1.54) is 10.7 Å². The fourth-order valence-corrected chi connectivity index (χ4v) is 2.28. The molecule has 112 valence electrons. The van der Waals surface area contributed by atoms with Crippen molar-refractivity contribution in [2.24, 2.45) is 0 Å². The summed E-state index contributed by atoms with van der Waals surface area (Å²) in [4.78, 5) is 12.0.